The van der Waals surface area contributed by atoms with E-state index in [-0.39, 0.29) is 40.5 Å². The summed E-state index contributed by atoms with van der Waals surface area (Å²) in [7, 11) is -2.77. The van der Waals surface area contributed by atoms with Crippen molar-refractivity contribution in [3.63, 3.8) is 0 Å². The highest BCUT2D eigenvalue weighted by atomic mass is 35.5. The Labute approximate surface area is 288 Å². The van der Waals surface area contributed by atoms with E-state index in [0.717, 1.165) is 53.1 Å². The summed E-state index contributed by atoms with van der Waals surface area (Å²) in [5.74, 6) is -0.408. The van der Waals surface area contributed by atoms with Crippen LogP contribution in [0.5, 0.6) is 5.75 Å². The van der Waals surface area contributed by atoms with E-state index < -0.39 is 28.5 Å². The van der Waals surface area contributed by atoms with E-state index in [1.807, 2.05) is 61.5 Å². The first-order valence-corrected chi connectivity index (χ1v) is 18.1. The van der Waals surface area contributed by atoms with Crippen molar-refractivity contribution < 1.29 is 22.7 Å². The lowest BCUT2D eigenvalue weighted by Gasteiger charge is -2.35. The Kier molecular flexibility index (Phi) is 11.8. The zero-order chi connectivity index (χ0) is 34.1. The summed E-state index contributed by atoms with van der Waals surface area (Å²) in [5, 5.41) is 3.44. The number of halogens is 1. The molecule has 1 atom stereocenters. The summed E-state index contributed by atoms with van der Waals surface area (Å²) in [6.45, 7) is 1.51. The molecular weight excluding hydrogens is 646 g/mol. The summed E-state index contributed by atoms with van der Waals surface area (Å²) in [6, 6.07) is 28.9. The lowest BCUT2D eigenvalue weighted by Crippen LogP contribution is -2.55. The van der Waals surface area contributed by atoms with E-state index in [2.05, 4.69) is 5.32 Å². The van der Waals surface area contributed by atoms with Crippen molar-refractivity contribution in [1.29, 1.82) is 0 Å². The molecule has 5 rings (SSSR count). The van der Waals surface area contributed by atoms with Crippen LogP contribution in [0.1, 0.15) is 48.8 Å². The molecule has 0 unspecified atom stereocenters. The normalized spacial score (nSPS) is 14.1. The van der Waals surface area contributed by atoms with Crippen LogP contribution in [0.4, 0.5) is 5.69 Å². The number of amides is 2. The van der Waals surface area contributed by atoms with Crippen molar-refractivity contribution in [2.45, 2.75) is 69.0 Å². The summed E-state index contributed by atoms with van der Waals surface area (Å²) < 4.78 is 34.8. The van der Waals surface area contributed by atoms with E-state index in [9.17, 15) is 18.0 Å². The molecule has 0 aliphatic heterocycles. The standard InChI is InChI=1S/C38H42ClN3O5S/c1-28-14-12-13-17-30(28)26-41(35(24-29-15-6-3-7-16-29)38(44)40-31-18-8-4-9-19-31)37(43)27-42(32-22-23-36(47-2)34(39)25-32)48(45,46)33-20-10-5-11-21-33/h3,5-7,10-17,20-23,25,31,35H,4,8-9,18-19,24,26-27H2,1-2H3,(H,40,44)/t35-/m0/s1. The van der Waals surface area contributed by atoms with Crippen molar-refractivity contribution in [1.82, 2.24) is 10.2 Å². The quantitative estimate of drug-likeness (QED) is 0.164. The van der Waals surface area contributed by atoms with Gasteiger partial charge in [0.15, 0.2) is 0 Å². The molecule has 1 saturated carbocycles. The molecule has 1 aliphatic carbocycles. The Balaban J connectivity index is 1.58. The molecule has 2 amide bonds. The monoisotopic (exact) mass is 687 g/mol. The molecule has 0 heterocycles. The molecular formula is C38H42ClN3O5S. The Hall–Kier alpha value is -4.34. The van der Waals surface area contributed by atoms with E-state index in [1.54, 1.807) is 30.3 Å². The number of sulfonamides is 1. The van der Waals surface area contributed by atoms with Crippen LogP contribution in [0.2, 0.25) is 5.02 Å². The highest BCUT2D eigenvalue weighted by molar-refractivity contribution is 7.92. The molecule has 10 heteroatoms. The number of carbonyl (C=O) groups excluding carboxylic acids is 2. The number of carbonyl (C=O) groups is 2. The highest BCUT2D eigenvalue weighted by Crippen LogP contribution is 2.32. The number of benzene rings is 4. The third-order valence-electron chi connectivity index (χ3n) is 8.86. The molecule has 0 aromatic heterocycles. The maximum absolute atomic E-state index is 14.7. The third-order valence-corrected chi connectivity index (χ3v) is 10.9. The fourth-order valence-electron chi connectivity index (χ4n) is 6.13. The molecule has 0 saturated heterocycles. The molecule has 4 aromatic rings. The van der Waals surface area contributed by atoms with Crippen molar-refractivity contribution in [2.24, 2.45) is 0 Å². The molecule has 1 fully saturated rings. The summed E-state index contributed by atoms with van der Waals surface area (Å²) in [5.41, 5.74) is 2.90. The van der Waals surface area contributed by atoms with Crippen molar-refractivity contribution >= 4 is 39.1 Å². The van der Waals surface area contributed by atoms with Gasteiger partial charge in [-0.25, -0.2) is 8.42 Å². The fourth-order valence-corrected chi connectivity index (χ4v) is 7.81. The van der Waals surface area contributed by atoms with Crippen LogP contribution in [0.3, 0.4) is 0 Å². The molecule has 252 valence electrons. The number of methoxy groups -OCH3 is 1. The van der Waals surface area contributed by atoms with Gasteiger partial charge in [0.05, 0.1) is 22.7 Å². The van der Waals surface area contributed by atoms with Crippen LogP contribution in [0, 0.1) is 6.92 Å². The van der Waals surface area contributed by atoms with Crippen molar-refractivity contribution in [3.8, 4) is 5.75 Å². The number of hydrogen-bond donors (Lipinski definition) is 1. The molecule has 0 bridgehead atoms. The first kappa shape index (κ1) is 35.0. The highest BCUT2D eigenvalue weighted by Gasteiger charge is 2.35. The minimum atomic E-state index is -4.24. The number of aryl methyl sites for hydroxylation is 1. The zero-order valence-corrected chi connectivity index (χ0v) is 28.9. The van der Waals surface area contributed by atoms with Gasteiger partial charge in [0.2, 0.25) is 11.8 Å². The van der Waals surface area contributed by atoms with E-state index in [0.29, 0.717) is 5.75 Å². The van der Waals surface area contributed by atoms with Gasteiger partial charge in [-0.3, -0.25) is 13.9 Å². The second-order valence-electron chi connectivity index (χ2n) is 12.1. The summed E-state index contributed by atoms with van der Waals surface area (Å²) in [6.07, 6.45) is 5.25. The first-order valence-electron chi connectivity index (χ1n) is 16.3. The second-order valence-corrected chi connectivity index (χ2v) is 14.4. The van der Waals surface area contributed by atoms with E-state index in [1.165, 1.54) is 30.2 Å². The number of rotatable bonds is 13. The Morgan fingerprint density at radius 2 is 1.54 bits per heavy atom. The lowest BCUT2D eigenvalue weighted by atomic mass is 9.94. The zero-order valence-electron chi connectivity index (χ0n) is 27.3. The Bertz CT molecular complexity index is 1800. The number of nitrogens with zero attached hydrogens (tertiary/aromatic N) is 2. The van der Waals surface area contributed by atoms with Crippen LogP contribution in [-0.4, -0.2) is 50.9 Å². The average molecular weight is 688 g/mol. The van der Waals surface area contributed by atoms with Gasteiger partial charge in [-0.15, -0.1) is 0 Å². The molecule has 1 N–H and O–H groups in total. The van der Waals surface area contributed by atoms with Gasteiger partial charge in [0, 0.05) is 19.0 Å². The summed E-state index contributed by atoms with van der Waals surface area (Å²) >= 11 is 6.47. The predicted octanol–water partition coefficient (Wildman–Crippen LogP) is 6.94. The van der Waals surface area contributed by atoms with Crippen LogP contribution in [0.25, 0.3) is 0 Å². The van der Waals surface area contributed by atoms with Gasteiger partial charge in [-0.05, 0) is 66.8 Å². The van der Waals surface area contributed by atoms with Crippen LogP contribution < -0.4 is 14.4 Å². The van der Waals surface area contributed by atoms with Crippen LogP contribution >= 0.6 is 11.6 Å². The van der Waals surface area contributed by atoms with Gasteiger partial charge in [-0.1, -0.05) is 104 Å². The van der Waals surface area contributed by atoms with Gasteiger partial charge >= 0.3 is 0 Å². The van der Waals surface area contributed by atoms with Gasteiger partial charge < -0.3 is 15.0 Å². The largest absolute Gasteiger partial charge is 0.495 e. The molecule has 1 aliphatic rings. The van der Waals surface area contributed by atoms with E-state index >= 15 is 0 Å². The average Bonchev–Trinajstić information content (AvgIpc) is 3.10. The summed E-state index contributed by atoms with van der Waals surface area (Å²) in [4.78, 5) is 30.6. The van der Waals surface area contributed by atoms with Crippen molar-refractivity contribution in [2.75, 3.05) is 18.0 Å². The maximum Gasteiger partial charge on any atom is 0.264 e. The van der Waals surface area contributed by atoms with Gasteiger partial charge in [0.1, 0.15) is 18.3 Å². The predicted molar refractivity (Wildman–Crippen MR) is 190 cm³/mol. The minimum absolute atomic E-state index is 0.0195. The SMILES string of the molecule is COc1ccc(N(CC(=O)N(Cc2ccccc2C)[C@@H](Cc2ccccc2)C(=O)NC2CCCCC2)S(=O)(=O)c2ccccc2)cc1Cl. The number of anilines is 1. The minimum Gasteiger partial charge on any atom is -0.495 e. The maximum atomic E-state index is 14.7. The topological polar surface area (TPSA) is 96.0 Å². The van der Waals surface area contributed by atoms with E-state index in [4.69, 9.17) is 16.3 Å². The Morgan fingerprint density at radius 3 is 2.19 bits per heavy atom. The number of ether oxygens (including phenoxy) is 1. The Morgan fingerprint density at radius 1 is 0.896 bits per heavy atom. The third kappa shape index (κ3) is 8.57. The lowest BCUT2D eigenvalue weighted by molar-refractivity contribution is -0.140. The van der Waals surface area contributed by atoms with Crippen LogP contribution in [-0.2, 0) is 32.6 Å². The molecule has 0 radical (unpaired) electrons. The number of hydrogen-bond acceptors (Lipinski definition) is 5. The second kappa shape index (κ2) is 16.2. The van der Waals surface area contributed by atoms with Crippen LogP contribution in [0.15, 0.2) is 108 Å². The smallest absolute Gasteiger partial charge is 0.264 e. The number of nitrogens with one attached hydrogen (secondary N) is 1. The molecule has 48 heavy (non-hydrogen) atoms. The van der Waals surface area contributed by atoms with Gasteiger partial charge in [-0.2, -0.15) is 0 Å². The first-order chi connectivity index (χ1) is 23.2. The van der Waals surface area contributed by atoms with Gasteiger partial charge in [0.25, 0.3) is 10.0 Å². The van der Waals surface area contributed by atoms with Crippen molar-refractivity contribution in [3.05, 3.63) is 125 Å². The molecule has 0 spiro atoms. The molecule has 4 aromatic carbocycles. The molecule has 8 nitrogen and oxygen atoms in total. The fraction of sp³-hybridized carbons (Fsp3) is 0.316.